The first-order chi connectivity index (χ1) is 17.2. The van der Waals surface area contributed by atoms with E-state index in [1.54, 1.807) is 0 Å². The lowest BCUT2D eigenvalue weighted by Crippen LogP contribution is -2.43. The fourth-order valence-electron chi connectivity index (χ4n) is 4.29. The van der Waals surface area contributed by atoms with Crippen molar-refractivity contribution in [2.24, 2.45) is 5.92 Å². The Morgan fingerprint density at radius 2 is 1.84 bits per heavy atom. The number of carbonyl (C=O) groups is 1. The zero-order valence-corrected chi connectivity index (χ0v) is 21.2. The summed E-state index contributed by atoms with van der Waals surface area (Å²) in [5.41, 5.74) is 4.64. The number of hydrogen-bond acceptors (Lipinski definition) is 7. The Balaban J connectivity index is 1.81. The van der Waals surface area contributed by atoms with Gasteiger partial charge in [0.1, 0.15) is 11.6 Å². The van der Waals surface area contributed by atoms with Crippen LogP contribution in [0.15, 0.2) is 59.8 Å². The van der Waals surface area contributed by atoms with Crippen LogP contribution in [-0.4, -0.2) is 36.4 Å². The Morgan fingerprint density at radius 3 is 2.46 bits per heavy atom. The van der Waals surface area contributed by atoms with Gasteiger partial charge in [0, 0.05) is 23.8 Å². The summed E-state index contributed by atoms with van der Waals surface area (Å²) in [6, 6.07) is 9.94. The molecular weight excluding hydrogens is 507 g/mol. The smallest absolute Gasteiger partial charge is 0.384 e. The van der Waals surface area contributed by atoms with E-state index in [-0.39, 0.29) is 34.2 Å². The van der Waals surface area contributed by atoms with Crippen LogP contribution in [0.3, 0.4) is 0 Å². The average molecular weight is 534 g/mol. The number of aromatic nitrogens is 2. The molecule has 3 N–H and O–H groups in total. The molecule has 0 bridgehead atoms. The van der Waals surface area contributed by atoms with E-state index in [0.29, 0.717) is 6.54 Å². The highest BCUT2D eigenvalue weighted by Crippen LogP contribution is 2.39. The molecule has 8 nitrogen and oxygen atoms in total. The number of alkyl halides is 3. The van der Waals surface area contributed by atoms with Crippen molar-refractivity contribution >= 4 is 27.6 Å². The van der Waals surface area contributed by atoms with Gasteiger partial charge in [-0.25, -0.2) is 14.7 Å². The van der Waals surface area contributed by atoms with Crippen molar-refractivity contribution in [2.75, 3.05) is 17.2 Å². The van der Waals surface area contributed by atoms with Gasteiger partial charge in [-0.15, -0.1) is 0 Å². The molecule has 196 valence electrons. The lowest BCUT2D eigenvalue weighted by molar-refractivity contribution is -0.137. The van der Waals surface area contributed by atoms with E-state index >= 15 is 0 Å². The summed E-state index contributed by atoms with van der Waals surface area (Å²) >= 11 is 0. The Morgan fingerprint density at radius 1 is 1.14 bits per heavy atom. The molecule has 4 rings (SSSR count). The molecule has 0 saturated carbocycles. The molecular formula is C25H26F3N5O3S. The molecule has 0 spiro atoms. The van der Waals surface area contributed by atoms with Gasteiger partial charge in [0.15, 0.2) is 5.03 Å². The highest BCUT2D eigenvalue weighted by Gasteiger charge is 2.41. The maximum absolute atomic E-state index is 13.4. The number of hydrogen-bond donors (Lipinski definition) is 2. The molecule has 0 radical (unpaired) electrons. The van der Waals surface area contributed by atoms with Gasteiger partial charge in [0.25, 0.3) is 15.9 Å². The monoisotopic (exact) mass is 533 g/mol. The second-order valence-corrected chi connectivity index (χ2v) is 11.1. The summed E-state index contributed by atoms with van der Waals surface area (Å²) in [6.07, 6.45) is -2.36. The molecule has 1 saturated heterocycles. The summed E-state index contributed by atoms with van der Waals surface area (Å²) in [5.74, 6) is -0.556. The lowest BCUT2D eigenvalue weighted by Gasteiger charge is -2.36. The van der Waals surface area contributed by atoms with Crippen molar-refractivity contribution in [1.82, 2.24) is 14.7 Å². The van der Waals surface area contributed by atoms with Crippen molar-refractivity contribution in [2.45, 2.75) is 43.9 Å². The molecule has 1 aliphatic heterocycles. The fraction of sp³-hybridized carbons (Fsp3) is 0.320. The van der Waals surface area contributed by atoms with E-state index in [0.717, 1.165) is 18.6 Å². The van der Waals surface area contributed by atoms with Gasteiger partial charge >= 0.3 is 6.18 Å². The third-order valence-electron chi connectivity index (χ3n) is 6.83. The van der Waals surface area contributed by atoms with E-state index < -0.39 is 38.2 Å². The van der Waals surface area contributed by atoms with Crippen LogP contribution in [-0.2, 0) is 16.2 Å². The number of nitrogens with two attached hydrogens (primary N) is 1. The Hall–Kier alpha value is -3.67. The van der Waals surface area contributed by atoms with E-state index in [2.05, 4.69) is 16.9 Å². The number of carbonyl (C=O) groups excluding carboxylic acids is 1. The number of rotatable bonds is 5. The number of sulfonamides is 1. The first kappa shape index (κ1) is 26.4. The number of pyridine rings is 2. The van der Waals surface area contributed by atoms with Gasteiger partial charge in [-0.3, -0.25) is 4.79 Å². The van der Waals surface area contributed by atoms with Crippen LogP contribution in [0.5, 0.6) is 0 Å². The summed E-state index contributed by atoms with van der Waals surface area (Å²) in [5, 5.41) is -0.445. The van der Waals surface area contributed by atoms with Crippen molar-refractivity contribution in [1.29, 1.82) is 0 Å². The molecule has 2 aromatic heterocycles. The van der Waals surface area contributed by atoms with Gasteiger partial charge in [-0.05, 0) is 62.1 Å². The molecule has 37 heavy (non-hydrogen) atoms. The van der Waals surface area contributed by atoms with E-state index in [1.807, 2.05) is 23.5 Å². The second kappa shape index (κ2) is 9.33. The Labute approximate surface area is 212 Å². The van der Waals surface area contributed by atoms with Gasteiger partial charge in [-0.1, -0.05) is 25.1 Å². The standard InChI is InChI=1S/C25H26F3N5O3S/c1-15-10-11-33(24(15,2)3)22-19(23(34)32-37(35,36)21-9-5-8-20(29)31-21)13-17(14-30-22)16-6-4-7-18(12-16)25(26,27)28/h4-9,12-15H,10-11H2,1-3H3,(H2,29,31)(H,32,34). The first-order valence-electron chi connectivity index (χ1n) is 11.4. The minimum atomic E-state index is -4.56. The second-order valence-electron chi connectivity index (χ2n) is 9.50. The first-order valence-corrected chi connectivity index (χ1v) is 12.9. The molecule has 1 aromatic carbocycles. The van der Waals surface area contributed by atoms with Crippen LogP contribution in [0.1, 0.15) is 43.1 Å². The molecule has 1 aliphatic rings. The molecule has 3 heterocycles. The molecule has 0 aliphatic carbocycles. The number of halogens is 3. The zero-order chi connectivity index (χ0) is 27.2. The minimum absolute atomic E-state index is 0.0444. The molecule has 1 amide bonds. The summed E-state index contributed by atoms with van der Waals surface area (Å²) in [4.78, 5) is 23.5. The highest BCUT2D eigenvalue weighted by atomic mass is 32.2. The van der Waals surface area contributed by atoms with Crippen LogP contribution < -0.4 is 15.4 Å². The third-order valence-corrected chi connectivity index (χ3v) is 8.06. The van der Waals surface area contributed by atoms with Gasteiger partial charge in [0.2, 0.25) is 0 Å². The lowest BCUT2D eigenvalue weighted by atomic mass is 9.90. The maximum atomic E-state index is 13.4. The normalized spacial score (nSPS) is 17.6. The topological polar surface area (TPSA) is 118 Å². The van der Waals surface area contributed by atoms with Crippen molar-refractivity contribution in [3.8, 4) is 11.1 Å². The quantitative estimate of drug-likeness (QED) is 0.496. The minimum Gasteiger partial charge on any atom is -0.384 e. The van der Waals surface area contributed by atoms with Crippen molar-refractivity contribution in [3.63, 3.8) is 0 Å². The van der Waals surface area contributed by atoms with Gasteiger partial charge in [-0.2, -0.15) is 21.6 Å². The van der Waals surface area contributed by atoms with Gasteiger partial charge < -0.3 is 10.6 Å². The van der Waals surface area contributed by atoms with E-state index in [1.165, 1.54) is 42.6 Å². The highest BCUT2D eigenvalue weighted by molar-refractivity contribution is 7.90. The number of anilines is 2. The van der Waals surface area contributed by atoms with Crippen LogP contribution >= 0.6 is 0 Å². The largest absolute Gasteiger partial charge is 0.416 e. The number of nitrogens with one attached hydrogen (secondary N) is 1. The van der Waals surface area contributed by atoms with Crippen LogP contribution in [0.4, 0.5) is 24.8 Å². The fourth-order valence-corrected chi connectivity index (χ4v) is 5.23. The summed E-state index contributed by atoms with van der Waals surface area (Å²) in [7, 11) is -4.40. The SMILES string of the molecule is CC1CCN(c2ncc(-c3cccc(C(F)(F)F)c3)cc2C(=O)NS(=O)(=O)c2cccc(N)n2)C1(C)C. The summed E-state index contributed by atoms with van der Waals surface area (Å²) in [6.45, 7) is 6.60. The van der Waals surface area contributed by atoms with E-state index in [4.69, 9.17) is 5.73 Å². The van der Waals surface area contributed by atoms with Crippen molar-refractivity contribution < 1.29 is 26.4 Å². The predicted molar refractivity (Wildman–Crippen MR) is 133 cm³/mol. The van der Waals surface area contributed by atoms with Crippen LogP contribution in [0.25, 0.3) is 11.1 Å². The number of amides is 1. The zero-order valence-electron chi connectivity index (χ0n) is 20.4. The predicted octanol–water partition coefficient (Wildman–Crippen LogP) is 4.49. The molecule has 1 fully saturated rings. The molecule has 1 atom stereocenters. The third kappa shape index (κ3) is 5.24. The molecule has 1 unspecified atom stereocenters. The number of benzene rings is 1. The maximum Gasteiger partial charge on any atom is 0.416 e. The summed E-state index contributed by atoms with van der Waals surface area (Å²) < 4.78 is 67.6. The molecule has 12 heteroatoms. The van der Waals surface area contributed by atoms with E-state index in [9.17, 15) is 26.4 Å². The molecule has 3 aromatic rings. The van der Waals surface area contributed by atoms with Crippen LogP contribution in [0.2, 0.25) is 0 Å². The van der Waals surface area contributed by atoms with Crippen LogP contribution in [0, 0.1) is 5.92 Å². The average Bonchev–Trinajstić information content (AvgIpc) is 3.10. The Bertz CT molecular complexity index is 1460. The Kier molecular flexibility index (Phi) is 6.65. The van der Waals surface area contributed by atoms with Gasteiger partial charge in [0.05, 0.1) is 11.1 Å². The number of nitrogens with zero attached hydrogens (tertiary/aromatic N) is 3. The van der Waals surface area contributed by atoms with Crippen molar-refractivity contribution in [3.05, 3.63) is 65.9 Å². The number of nitrogen functional groups attached to an aromatic ring is 1.